The minimum Gasteiger partial charge on any atom is -0.456 e. The summed E-state index contributed by atoms with van der Waals surface area (Å²) in [7, 11) is 0. The summed E-state index contributed by atoms with van der Waals surface area (Å²) in [6.45, 7) is 5.50. The first-order valence-electron chi connectivity index (χ1n) is 8.27. The van der Waals surface area contributed by atoms with E-state index in [1.54, 1.807) is 17.8 Å². The van der Waals surface area contributed by atoms with Crippen molar-refractivity contribution in [1.29, 1.82) is 0 Å². The number of thioether (sulfide) groups is 1. The number of nitrogens with one attached hydrogen (secondary N) is 1. The molecule has 0 bridgehead atoms. The monoisotopic (exact) mass is 391 g/mol. The van der Waals surface area contributed by atoms with E-state index in [1.165, 1.54) is 5.56 Å². The molecule has 2 aromatic carbocycles. The summed E-state index contributed by atoms with van der Waals surface area (Å²) in [5, 5.41) is 3.16. The van der Waals surface area contributed by atoms with Crippen LogP contribution in [0.3, 0.4) is 0 Å². The topological polar surface area (TPSA) is 55.4 Å². The average molecular weight is 392 g/mol. The van der Waals surface area contributed by atoms with Crippen molar-refractivity contribution in [2.24, 2.45) is 0 Å². The van der Waals surface area contributed by atoms with E-state index in [-0.39, 0.29) is 13.0 Å². The maximum atomic E-state index is 12.0. The molecule has 0 fully saturated rings. The van der Waals surface area contributed by atoms with Gasteiger partial charge in [-0.15, -0.1) is 11.8 Å². The number of rotatable bonds is 7. The molecule has 0 saturated carbocycles. The number of benzene rings is 2. The normalized spacial score (nSPS) is 10.5. The number of hydrogen-bond donors (Lipinski definition) is 1. The molecule has 0 spiro atoms. The van der Waals surface area contributed by atoms with Crippen molar-refractivity contribution in [2.75, 3.05) is 17.7 Å². The van der Waals surface area contributed by atoms with Gasteiger partial charge in [0.15, 0.2) is 6.61 Å². The number of carbonyl (C=O) groups is 2. The molecule has 0 aliphatic heterocycles. The molecule has 0 saturated heterocycles. The molecule has 2 rings (SSSR count). The quantitative estimate of drug-likeness (QED) is 0.537. The van der Waals surface area contributed by atoms with Crippen LogP contribution in [0.15, 0.2) is 41.3 Å². The van der Waals surface area contributed by atoms with Crippen LogP contribution in [0.2, 0.25) is 5.02 Å². The Morgan fingerprint density at radius 3 is 2.42 bits per heavy atom. The lowest BCUT2D eigenvalue weighted by Gasteiger charge is -2.11. The largest absolute Gasteiger partial charge is 0.456 e. The summed E-state index contributed by atoms with van der Waals surface area (Å²) in [5.41, 5.74) is 3.63. The molecule has 2 aromatic rings. The Bertz CT molecular complexity index is 767. The Hall–Kier alpha value is -1.98. The van der Waals surface area contributed by atoms with Gasteiger partial charge in [0.05, 0.1) is 17.1 Å². The Kier molecular flexibility index (Phi) is 7.54. The van der Waals surface area contributed by atoms with Crippen molar-refractivity contribution in [3.05, 3.63) is 58.1 Å². The lowest BCUT2D eigenvalue weighted by Crippen LogP contribution is -2.21. The van der Waals surface area contributed by atoms with Crippen LogP contribution in [0.1, 0.15) is 23.1 Å². The van der Waals surface area contributed by atoms with E-state index in [9.17, 15) is 9.59 Å². The summed E-state index contributed by atoms with van der Waals surface area (Å²) in [5.74, 6) is -0.197. The zero-order valence-electron chi connectivity index (χ0n) is 15.1. The van der Waals surface area contributed by atoms with Gasteiger partial charge in [-0.3, -0.25) is 9.59 Å². The Labute approximate surface area is 163 Å². The smallest absolute Gasteiger partial charge is 0.307 e. The van der Waals surface area contributed by atoms with Gasteiger partial charge >= 0.3 is 5.97 Å². The molecule has 1 N–H and O–H groups in total. The van der Waals surface area contributed by atoms with Crippen LogP contribution in [-0.2, 0) is 14.3 Å². The highest BCUT2D eigenvalue weighted by Crippen LogP contribution is 2.27. The molecule has 0 aliphatic rings. The number of amides is 1. The van der Waals surface area contributed by atoms with E-state index in [4.69, 9.17) is 16.3 Å². The fourth-order valence-corrected chi connectivity index (χ4v) is 3.56. The van der Waals surface area contributed by atoms with Gasteiger partial charge in [-0.25, -0.2) is 0 Å². The van der Waals surface area contributed by atoms with Crippen LogP contribution in [-0.4, -0.2) is 24.2 Å². The van der Waals surface area contributed by atoms with Gasteiger partial charge in [-0.1, -0.05) is 35.4 Å². The van der Waals surface area contributed by atoms with Gasteiger partial charge < -0.3 is 10.1 Å². The zero-order valence-corrected chi connectivity index (χ0v) is 16.7. The lowest BCUT2D eigenvalue weighted by atomic mass is 10.1. The first-order valence-corrected chi connectivity index (χ1v) is 9.63. The van der Waals surface area contributed by atoms with Crippen molar-refractivity contribution in [2.45, 2.75) is 32.1 Å². The number of anilines is 1. The van der Waals surface area contributed by atoms with Crippen LogP contribution in [0.5, 0.6) is 0 Å². The fraction of sp³-hybridized carbons (Fsp3) is 0.300. The molecule has 6 heteroatoms. The molecule has 0 radical (unpaired) electrons. The SMILES string of the molecule is Cc1ccc(SCCC(=O)OCC(=O)Nc2c(C)cc(C)cc2Cl)cc1. The molecular weight excluding hydrogens is 370 g/mol. The van der Waals surface area contributed by atoms with Crippen molar-refractivity contribution >= 4 is 40.9 Å². The number of carbonyl (C=O) groups excluding carboxylic acids is 2. The first-order chi connectivity index (χ1) is 12.3. The van der Waals surface area contributed by atoms with E-state index < -0.39 is 11.9 Å². The van der Waals surface area contributed by atoms with Crippen LogP contribution < -0.4 is 5.32 Å². The molecule has 0 unspecified atom stereocenters. The summed E-state index contributed by atoms with van der Waals surface area (Å²) in [4.78, 5) is 24.9. The van der Waals surface area contributed by atoms with E-state index in [2.05, 4.69) is 5.32 Å². The minimum atomic E-state index is -0.404. The number of esters is 1. The standard InChI is InChI=1S/C20H22ClNO3S/c1-13-4-6-16(7-5-13)26-9-8-19(24)25-12-18(23)22-20-15(3)10-14(2)11-17(20)21/h4-7,10-11H,8-9,12H2,1-3H3,(H,22,23). The Morgan fingerprint density at radius 2 is 1.77 bits per heavy atom. The van der Waals surface area contributed by atoms with E-state index in [0.717, 1.165) is 16.0 Å². The summed E-state index contributed by atoms with van der Waals surface area (Å²) in [6, 6.07) is 11.8. The second-order valence-corrected chi connectivity index (χ2v) is 7.63. The fourth-order valence-electron chi connectivity index (χ4n) is 2.35. The van der Waals surface area contributed by atoms with Crippen LogP contribution in [0, 0.1) is 20.8 Å². The first kappa shape index (κ1) is 20.3. The number of ether oxygens (including phenoxy) is 1. The maximum absolute atomic E-state index is 12.0. The van der Waals surface area contributed by atoms with Crippen molar-refractivity contribution in [1.82, 2.24) is 0 Å². The van der Waals surface area contributed by atoms with Crippen LogP contribution in [0.25, 0.3) is 0 Å². The molecule has 0 heterocycles. The van der Waals surface area contributed by atoms with E-state index in [1.807, 2.05) is 51.1 Å². The second-order valence-electron chi connectivity index (χ2n) is 6.06. The molecule has 138 valence electrons. The van der Waals surface area contributed by atoms with Crippen LogP contribution >= 0.6 is 23.4 Å². The van der Waals surface area contributed by atoms with Gasteiger partial charge in [0.25, 0.3) is 5.91 Å². The molecule has 0 atom stereocenters. The van der Waals surface area contributed by atoms with Crippen LogP contribution in [0.4, 0.5) is 5.69 Å². The Morgan fingerprint density at radius 1 is 1.08 bits per heavy atom. The van der Waals surface area contributed by atoms with Crippen molar-refractivity contribution in [3.63, 3.8) is 0 Å². The average Bonchev–Trinajstić information content (AvgIpc) is 2.58. The molecule has 0 aliphatic carbocycles. The second kappa shape index (κ2) is 9.64. The van der Waals surface area contributed by atoms with E-state index >= 15 is 0 Å². The highest BCUT2D eigenvalue weighted by molar-refractivity contribution is 7.99. The molecule has 26 heavy (non-hydrogen) atoms. The van der Waals surface area contributed by atoms with Gasteiger partial charge in [0, 0.05) is 10.6 Å². The molecule has 4 nitrogen and oxygen atoms in total. The maximum Gasteiger partial charge on any atom is 0.307 e. The summed E-state index contributed by atoms with van der Waals surface area (Å²) >= 11 is 7.73. The van der Waals surface area contributed by atoms with Crippen molar-refractivity contribution in [3.8, 4) is 0 Å². The zero-order chi connectivity index (χ0) is 19.1. The van der Waals surface area contributed by atoms with Crippen molar-refractivity contribution < 1.29 is 14.3 Å². The molecular formula is C20H22ClNO3S. The predicted octanol–water partition coefficient (Wildman–Crippen LogP) is 4.93. The van der Waals surface area contributed by atoms with Gasteiger partial charge in [0.1, 0.15) is 0 Å². The van der Waals surface area contributed by atoms with E-state index in [0.29, 0.717) is 16.5 Å². The number of hydrogen-bond acceptors (Lipinski definition) is 4. The molecule has 0 aromatic heterocycles. The third-order valence-corrected chi connectivity index (χ3v) is 4.97. The number of halogens is 1. The summed E-state index contributed by atoms with van der Waals surface area (Å²) in [6.07, 6.45) is 0.246. The highest BCUT2D eigenvalue weighted by Gasteiger charge is 2.12. The Balaban J connectivity index is 1.73. The number of aryl methyl sites for hydroxylation is 3. The van der Waals surface area contributed by atoms with Gasteiger partial charge in [-0.05, 0) is 50.1 Å². The lowest BCUT2D eigenvalue weighted by molar-refractivity contribution is -0.146. The third kappa shape index (κ3) is 6.39. The van der Waals surface area contributed by atoms with Gasteiger partial charge in [0.2, 0.25) is 0 Å². The molecule has 1 amide bonds. The van der Waals surface area contributed by atoms with Gasteiger partial charge in [-0.2, -0.15) is 0 Å². The highest BCUT2D eigenvalue weighted by atomic mass is 35.5. The predicted molar refractivity (Wildman–Crippen MR) is 107 cm³/mol. The minimum absolute atomic E-state index is 0.246. The third-order valence-electron chi connectivity index (χ3n) is 3.66. The summed E-state index contributed by atoms with van der Waals surface area (Å²) < 4.78 is 5.03.